The van der Waals surface area contributed by atoms with E-state index in [-0.39, 0.29) is 0 Å². The molecule has 0 amide bonds. The number of fused-ring (bicyclic) bond motifs is 1. The normalized spacial score (nSPS) is 16.5. The van der Waals surface area contributed by atoms with Crippen LogP contribution in [0.3, 0.4) is 0 Å². The van der Waals surface area contributed by atoms with E-state index in [1.54, 1.807) is 11.3 Å². The Kier molecular flexibility index (Phi) is 3.54. The van der Waals surface area contributed by atoms with Crippen LogP contribution in [-0.4, -0.2) is 34.1 Å². The van der Waals surface area contributed by atoms with Gasteiger partial charge in [0.2, 0.25) is 5.95 Å². The van der Waals surface area contributed by atoms with Crippen molar-refractivity contribution in [2.75, 3.05) is 30.0 Å². The van der Waals surface area contributed by atoms with Crippen LogP contribution in [-0.2, 0) is 0 Å². The van der Waals surface area contributed by atoms with Gasteiger partial charge in [-0.1, -0.05) is 0 Å². The molecule has 0 saturated heterocycles. The molecule has 3 rings (SSSR count). The van der Waals surface area contributed by atoms with Gasteiger partial charge in [-0.05, 0) is 37.5 Å². The number of aromatic nitrogens is 2. The summed E-state index contributed by atoms with van der Waals surface area (Å²) in [6.07, 6.45) is 4.80. The first-order valence-corrected chi connectivity index (χ1v) is 8.65. The second-order valence-corrected chi connectivity index (χ2v) is 6.98. The molecule has 2 heterocycles. The molecule has 1 aliphatic rings. The fraction of sp³-hybridized carbons (Fsp3) is 0.538. The van der Waals surface area contributed by atoms with E-state index < -0.39 is 0 Å². The van der Waals surface area contributed by atoms with E-state index in [0.717, 1.165) is 29.1 Å². The number of hydrogen-bond donors (Lipinski definition) is 2. The molecule has 2 aromatic heterocycles. The van der Waals surface area contributed by atoms with Crippen LogP contribution in [0.1, 0.15) is 19.8 Å². The number of nitrogens with zero attached hydrogens (tertiary/aromatic N) is 2. The lowest BCUT2D eigenvalue weighted by Gasteiger charge is -2.14. The average Bonchev–Trinajstić information content (AvgIpc) is 3.05. The number of thioether (sulfide) groups is 1. The van der Waals surface area contributed by atoms with E-state index in [1.165, 1.54) is 12.8 Å². The number of rotatable bonds is 6. The summed E-state index contributed by atoms with van der Waals surface area (Å²) in [5.41, 5.74) is 0. The predicted molar refractivity (Wildman–Crippen MR) is 85.5 cm³/mol. The first-order chi connectivity index (χ1) is 9.26. The number of thiophene rings is 1. The molecule has 0 radical (unpaired) electrons. The second kappa shape index (κ2) is 5.17. The van der Waals surface area contributed by atoms with Gasteiger partial charge in [-0.2, -0.15) is 16.7 Å². The summed E-state index contributed by atoms with van der Waals surface area (Å²) in [6, 6.07) is 2.09. The molecule has 19 heavy (non-hydrogen) atoms. The van der Waals surface area contributed by atoms with E-state index in [1.807, 2.05) is 11.8 Å². The first kappa shape index (κ1) is 13.0. The molecule has 6 heteroatoms. The Hall–Kier alpha value is -1.01. The Balaban J connectivity index is 1.85. The molecule has 0 aliphatic heterocycles. The van der Waals surface area contributed by atoms with Crippen LogP contribution in [0.2, 0.25) is 0 Å². The standard InChI is InChI=1S/C13H18N4S2/c1-3-14-12-16-10(9-4-7-19-11(9)17-12)15-8-13(18-2)5-6-13/h4,7H,3,5-6,8H2,1-2H3,(H2,14,15,16,17). The van der Waals surface area contributed by atoms with Gasteiger partial charge in [0, 0.05) is 17.8 Å². The monoisotopic (exact) mass is 294 g/mol. The second-order valence-electron chi connectivity index (χ2n) is 4.81. The van der Waals surface area contributed by atoms with Crippen molar-refractivity contribution in [1.82, 2.24) is 9.97 Å². The van der Waals surface area contributed by atoms with Crippen molar-refractivity contribution in [1.29, 1.82) is 0 Å². The van der Waals surface area contributed by atoms with Crippen molar-refractivity contribution in [2.45, 2.75) is 24.5 Å². The van der Waals surface area contributed by atoms with Crippen LogP contribution in [0.5, 0.6) is 0 Å². The Morgan fingerprint density at radius 3 is 2.89 bits per heavy atom. The molecule has 2 aromatic rings. The molecule has 1 fully saturated rings. The summed E-state index contributed by atoms with van der Waals surface area (Å²) >= 11 is 3.62. The third-order valence-electron chi connectivity index (χ3n) is 3.48. The van der Waals surface area contributed by atoms with Crippen LogP contribution < -0.4 is 10.6 Å². The molecular weight excluding hydrogens is 276 g/mol. The lowest BCUT2D eigenvalue weighted by molar-refractivity contribution is 0.940. The predicted octanol–water partition coefficient (Wildman–Crippen LogP) is 3.43. The molecular formula is C13H18N4S2. The zero-order valence-electron chi connectivity index (χ0n) is 11.2. The Morgan fingerprint density at radius 2 is 2.21 bits per heavy atom. The summed E-state index contributed by atoms with van der Waals surface area (Å²) < 4.78 is 0.436. The topological polar surface area (TPSA) is 49.8 Å². The maximum absolute atomic E-state index is 4.59. The van der Waals surface area contributed by atoms with Gasteiger partial charge in [-0.25, -0.2) is 4.98 Å². The Bertz CT molecular complexity index is 577. The molecule has 4 nitrogen and oxygen atoms in total. The molecule has 1 saturated carbocycles. The minimum Gasteiger partial charge on any atom is -0.368 e. The number of hydrogen-bond acceptors (Lipinski definition) is 6. The molecule has 0 spiro atoms. The number of nitrogens with one attached hydrogen (secondary N) is 2. The molecule has 0 aromatic carbocycles. The van der Waals surface area contributed by atoms with Crippen LogP contribution in [0.15, 0.2) is 11.4 Å². The molecule has 0 bridgehead atoms. The summed E-state index contributed by atoms with van der Waals surface area (Å²) in [6.45, 7) is 3.88. The highest BCUT2D eigenvalue weighted by Crippen LogP contribution is 2.47. The van der Waals surface area contributed by atoms with Crippen molar-refractivity contribution >= 4 is 45.1 Å². The van der Waals surface area contributed by atoms with E-state index in [9.17, 15) is 0 Å². The molecule has 0 unspecified atom stereocenters. The van der Waals surface area contributed by atoms with E-state index >= 15 is 0 Å². The largest absolute Gasteiger partial charge is 0.368 e. The van der Waals surface area contributed by atoms with Crippen molar-refractivity contribution in [3.05, 3.63) is 11.4 Å². The van der Waals surface area contributed by atoms with Gasteiger partial charge in [0.05, 0.1) is 5.39 Å². The van der Waals surface area contributed by atoms with Crippen LogP contribution >= 0.6 is 23.1 Å². The third-order valence-corrected chi connectivity index (χ3v) is 5.70. The summed E-state index contributed by atoms with van der Waals surface area (Å²) in [5, 5.41) is 9.92. The Labute approximate surface area is 121 Å². The molecule has 0 atom stereocenters. The summed E-state index contributed by atoms with van der Waals surface area (Å²) in [5.74, 6) is 1.68. The fourth-order valence-electron chi connectivity index (χ4n) is 2.06. The van der Waals surface area contributed by atoms with E-state index in [0.29, 0.717) is 10.7 Å². The first-order valence-electron chi connectivity index (χ1n) is 6.54. The van der Waals surface area contributed by atoms with Crippen LogP contribution in [0.25, 0.3) is 10.2 Å². The highest BCUT2D eigenvalue weighted by atomic mass is 32.2. The zero-order valence-corrected chi connectivity index (χ0v) is 12.8. The fourth-order valence-corrected chi connectivity index (χ4v) is 3.56. The van der Waals surface area contributed by atoms with Crippen molar-refractivity contribution in [2.24, 2.45) is 0 Å². The highest BCUT2D eigenvalue weighted by molar-refractivity contribution is 8.00. The molecule has 102 valence electrons. The average molecular weight is 294 g/mol. The quantitative estimate of drug-likeness (QED) is 0.855. The number of anilines is 2. The third kappa shape index (κ3) is 2.65. The van der Waals surface area contributed by atoms with Crippen molar-refractivity contribution in [3.8, 4) is 0 Å². The smallest absolute Gasteiger partial charge is 0.226 e. The van der Waals surface area contributed by atoms with Crippen molar-refractivity contribution < 1.29 is 0 Å². The highest BCUT2D eigenvalue weighted by Gasteiger charge is 2.41. The molecule has 1 aliphatic carbocycles. The minimum absolute atomic E-state index is 0.436. The summed E-state index contributed by atoms with van der Waals surface area (Å²) in [4.78, 5) is 10.2. The van der Waals surface area contributed by atoms with Crippen molar-refractivity contribution in [3.63, 3.8) is 0 Å². The van der Waals surface area contributed by atoms with Gasteiger partial charge in [0.15, 0.2) is 0 Å². The van der Waals surface area contributed by atoms with Gasteiger partial charge < -0.3 is 10.6 Å². The van der Waals surface area contributed by atoms with Gasteiger partial charge in [-0.3, -0.25) is 0 Å². The van der Waals surface area contributed by atoms with Gasteiger partial charge in [0.25, 0.3) is 0 Å². The van der Waals surface area contributed by atoms with Crippen LogP contribution in [0.4, 0.5) is 11.8 Å². The maximum atomic E-state index is 4.59. The zero-order chi connectivity index (χ0) is 13.3. The van der Waals surface area contributed by atoms with Gasteiger partial charge in [0.1, 0.15) is 10.6 Å². The summed E-state index contributed by atoms with van der Waals surface area (Å²) in [7, 11) is 0. The van der Waals surface area contributed by atoms with E-state index in [4.69, 9.17) is 0 Å². The minimum atomic E-state index is 0.436. The lowest BCUT2D eigenvalue weighted by atomic mass is 10.3. The SMILES string of the molecule is CCNc1nc(NCC2(SC)CC2)c2ccsc2n1. The van der Waals surface area contributed by atoms with E-state index in [2.05, 4.69) is 45.2 Å². The van der Waals surface area contributed by atoms with Gasteiger partial charge >= 0.3 is 0 Å². The maximum Gasteiger partial charge on any atom is 0.226 e. The lowest BCUT2D eigenvalue weighted by Crippen LogP contribution is -2.18. The molecule has 2 N–H and O–H groups in total. The van der Waals surface area contributed by atoms with Gasteiger partial charge in [-0.15, -0.1) is 11.3 Å². The Morgan fingerprint density at radius 1 is 1.37 bits per heavy atom. The van der Waals surface area contributed by atoms with Crippen LogP contribution in [0, 0.1) is 0 Å².